The Morgan fingerprint density at radius 3 is 2.45 bits per heavy atom. The summed E-state index contributed by atoms with van der Waals surface area (Å²) in [6, 6.07) is 24.2. The van der Waals surface area contributed by atoms with E-state index in [1.807, 2.05) is 55.5 Å². The first-order valence-electron chi connectivity index (χ1n) is 10.7. The van der Waals surface area contributed by atoms with Crippen LogP contribution in [0.3, 0.4) is 0 Å². The van der Waals surface area contributed by atoms with Gasteiger partial charge < -0.3 is 9.15 Å². The van der Waals surface area contributed by atoms with Crippen molar-refractivity contribution in [1.29, 1.82) is 0 Å². The highest BCUT2D eigenvalue weighted by atomic mass is 16.5. The molecule has 0 saturated heterocycles. The number of aryl methyl sites for hydroxylation is 2. The van der Waals surface area contributed by atoms with Gasteiger partial charge in [-0.2, -0.15) is 0 Å². The molecule has 0 N–H and O–H groups in total. The van der Waals surface area contributed by atoms with E-state index in [2.05, 4.69) is 29.2 Å². The van der Waals surface area contributed by atoms with Gasteiger partial charge in [0.05, 0.1) is 11.1 Å². The lowest BCUT2D eigenvalue weighted by Gasteiger charge is -2.29. The van der Waals surface area contributed by atoms with Crippen LogP contribution in [0.25, 0.3) is 22.1 Å². The fraction of sp³-hybridized carbons (Fsp3) is 0.222. The van der Waals surface area contributed by atoms with Crippen molar-refractivity contribution in [3.05, 3.63) is 99.9 Å². The Morgan fingerprint density at radius 2 is 1.68 bits per heavy atom. The fourth-order valence-corrected chi connectivity index (χ4v) is 4.40. The zero-order valence-corrected chi connectivity index (χ0v) is 17.6. The van der Waals surface area contributed by atoms with Gasteiger partial charge in [0.1, 0.15) is 18.1 Å². The zero-order valence-electron chi connectivity index (χ0n) is 17.6. The molecule has 0 fully saturated rings. The average molecular weight is 412 g/mol. The average Bonchev–Trinajstić information content (AvgIpc) is 2.80. The van der Waals surface area contributed by atoms with Gasteiger partial charge in [0.15, 0.2) is 0 Å². The first-order valence-corrected chi connectivity index (χ1v) is 10.7. The molecule has 1 aliphatic rings. The highest BCUT2D eigenvalue weighted by Crippen LogP contribution is 2.35. The third-order valence-corrected chi connectivity index (χ3v) is 6.02. The maximum atomic E-state index is 12.9. The standard InChI is InChI=1S/C27H25NO3/c1-19-22-14-15-24-23(26(22)31-27(29)25(19)21-12-6-3-7-13-21)17-28(18-30-24)16-8-11-20-9-4-2-5-10-20/h2-7,9-10,12-15H,8,11,16-18H2,1H3. The smallest absolute Gasteiger partial charge is 0.344 e. The third kappa shape index (κ3) is 3.87. The van der Waals surface area contributed by atoms with Crippen molar-refractivity contribution in [3.63, 3.8) is 0 Å². The Morgan fingerprint density at radius 1 is 0.935 bits per heavy atom. The summed E-state index contributed by atoms with van der Waals surface area (Å²) in [5.74, 6) is 0.807. The summed E-state index contributed by atoms with van der Waals surface area (Å²) in [5, 5.41) is 0.965. The van der Waals surface area contributed by atoms with Crippen LogP contribution < -0.4 is 10.4 Å². The maximum absolute atomic E-state index is 12.9. The van der Waals surface area contributed by atoms with Crippen LogP contribution in [0, 0.1) is 6.92 Å². The van der Waals surface area contributed by atoms with Crippen LogP contribution >= 0.6 is 0 Å². The number of benzene rings is 3. The van der Waals surface area contributed by atoms with Crippen molar-refractivity contribution in [2.75, 3.05) is 13.3 Å². The van der Waals surface area contributed by atoms with Crippen LogP contribution in [0.4, 0.5) is 0 Å². The molecule has 1 aromatic heterocycles. The van der Waals surface area contributed by atoms with E-state index in [1.54, 1.807) is 0 Å². The summed E-state index contributed by atoms with van der Waals surface area (Å²) >= 11 is 0. The molecular formula is C27H25NO3. The summed E-state index contributed by atoms with van der Waals surface area (Å²) in [6.07, 6.45) is 2.09. The minimum atomic E-state index is -0.300. The number of ether oxygens (including phenoxy) is 1. The molecule has 1 aliphatic heterocycles. The first-order chi connectivity index (χ1) is 15.2. The van der Waals surface area contributed by atoms with Gasteiger partial charge in [-0.1, -0.05) is 60.7 Å². The van der Waals surface area contributed by atoms with Crippen LogP contribution in [-0.4, -0.2) is 18.2 Å². The topological polar surface area (TPSA) is 42.7 Å². The Kier molecular flexibility index (Phi) is 5.31. The van der Waals surface area contributed by atoms with Gasteiger partial charge in [-0.3, -0.25) is 4.90 Å². The van der Waals surface area contributed by atoms with Crippen molar-refractivity contribution in [1.82, 2.24) is 4.90 Å². The van der Waals surface area contributed by atoms with Crippen molar-refractivity contribution in [3.8, 4) is 16.9 Å². The number of rotatable bonds is 5. The summed E-state index contributed by atoms with van der Waals surface area (Å²) in [7, 11) is 0. The summed E-state index contributed by atoms with van der Waals surface area (Å²) in [4.78, 5) is 15.2. The normalized spacial score (nSPS) is 13.7. The molecule has 0 radical (unpaired) electrons. The zero-order chi connectivity index (χ0) is 21.2. The lowest BCUT2D eigenvalue weighted by Crippen LogP contribution is -2.33. The van der Waals surface area contributed by atoms with Crippen LogP contribution in [0.2, 0.25) is 0 Å². The van der Waals surface area contributed by atoms with Crippen LogP contribution in [-0.2, 0) is 13.0 Å². The molecule has 0 bridgehead atoms. The molecule has 156 valence electrons. The summed E-state index contributed by atoms with van der Waals surface area (Å²) < 4.78 is 11.9. The maximum Gasteiger partial charge on any atom is 0.344 e. The molecule has 4 nitrogen and oxygen atoms in total. The van der Waals surface area contributed by atoms with E-state index in [4.69, 9.17) is 9.15 Å². The van der Waals surface area contributed by atoms with Gasteiger partial charge in [-0.05, 0) is 48.6 Å². The molecule has 5 rings (SSSR count). The van der Waals surface area contributed by atoms with E-state index in [9.17, 15) is 4.79 Å². The second-order valence-electron chi connectivity index (χ2n) is 8.09. The minimum absolute atomic E-state index is 0.300. The van der Waals surface area contributed by atoms with Gasteiger partial charge in [-0.15, -0.1) is 0 Å². The number of fused-ring (bicyclic) bond motifs is 3. The highest BCUT2D eigenvalue weighted by Gasteiger charge is 2.23. The van der Waals surface area contributed by atoms with Crippen molar-refractivity contribution in [2.45, 2.75) is 26.3 Å². The second-order valence-corrected chi connectivity index (χ2v) is 8.09. The van der Waals surface area contributed by atoms with Crippen molar-refractivity contribution in [2.24, 2.45) is 0 Å². The number of nitrogens with zero attached hydrogens (tertiary/aromatic N) is 1. The predicted octanol–water partition coefficient (Wildman–Crippen LogP) is 5.55. The van der Waals surface area contributed by atoms with Crippen LogP contribution in [0.5, 0.6) is 5.75 Å². The number of hydrogen-bond acceptors (Lipinski definition) is 4. The SMILES string of the molecule is Cc1c(-c2ccccc2)c(=O)oc2c3c(ccc12)OCN(CCCc1ccccc1)C3. The van der Waals surface area contributed by atoms with E-state index in [1.165, 1.54) is 5.56 Å². The molecule has 4 heteroatoms. The molecule has 0 amide bonds. The Hall–Kier alpha value is -3.37. The first kappa shape index (κ1) is 19.6. The van der Waals surface area contributed by atoms with E-state index in [-0.39, 0.29) is 5.63 Å². The minimum Gasteiger partial charge on any atom is -0.478 e. The van der Waals surface area contributed by atoms with Gasteiger partial charge in [-0.25, -0.2) is 4.79 Å². The molecular weight excluding hydrogens is 386 g/mol. The van der Waals surface area contributed by atoms with Crippen LogP contribution in [0.15, 0.2) is 82.0 Å². The molecule has 0 unspecified atom stereocenters. The summed E-state index contributed by atoms with van der Waals surface area (Å²) in [6.45, 7) is 4.19. The number of hydrogen-bond donors (Lipinski definition) is 0. The third-order valence-electron chi connectivity index (χ3n) is 6.02. The fourth-order valence-electron chi connectivity index (χ4n) is 4.40. The van der Waals surface area contributed by atoms with Gasteiger partial charge in [0, 0.05) is 18.5 Å². The molecule has 3 aromatic carbocycles. The van der Waals surface area contributed by atoms with E-state index >= 15 is 0 Å². The molecule has 4 aromatic rings. The second kappa shape index (κ2) is 8.40. The Balaban J connectivity index is 1.43. The molecule has 0 spiro atoms. The molecule has 0 saturated carbocycles. The Bertz CT molecular complexity index is 1260. The predicted molar refractivity (Wildman–Crippen MR) is 123 cm³/mol. The summed E-state index contributed by atoms with van der Waals surface area (Å²) in [5.41, 5.74) is 5.11. The Labute approximate surface area is 181 Å². The molecule has 0 aliphatic carbocycles. The molecule has 2 heterocycles. The van der Waals surface area contributed by atoms with Crippen molar-refractivity contribution < 1.29 is 9.15 Å². The lowest BCUT2D eigenvalue weighted by molar-refractivity contribution is 0.0946. The van der Waals surface area contributed by atoms with Gasteiger partial charge in [0.2, 0.25) is 0 Å². The van der Waals surface area contributed by atoms with E-state index < -0.39 is 0 Å². The van der Waals surface area contributed by atoms with Gasteiger partial charge >= 0.3 is 5.63 Å². The quantitative estimate of drug-likeness (QED) is 0.404. The van der Waals surface area contributed by atoms with Gasteiger partial charge in [0.25, 0.3) is 0 Å². The lowest BCUT2D eigenvalue weighted by atomic mass is 9.97. The monoisotopic (exact) mass is 411 g/mol. The largest absolute Gasteiger partial charge is 0.478 e. The molecule has 0 atom stereocenters. The van der Waals surface area contributed by atoms with Crippen LogP contribution in [0.1, 0.15) is 23.1 Å². The highest BCUT2D eigenvalue weighted by molar-refractivity contribution is 5.90. The van der Waals surface area contributed by atoms with Crippen molar-refractivity contribution >= 4 is 11.0 Å². The molecule has 31 heavy (non-hydrogen) atoms. The van der Waals surface area contributed by atoms with E-state index in [0.717, 1.165) is 47.2 Å². The van der Waals surface area contributed by atoms with E-state index in [0.29, 0.717) is 24.4 Å².